The van der Waals surface area contributed by atoms with Gasteiger partial charge < -0.3 is 19.0 Å². The van der Waals surface area contributed by atoms with Gasteiger partial charge in [-0.25, -0.2) is 13.4 Å². The molecule has 37 heavy (non-hydrogen) atoms. The molecule has 10 heteroatoms. The molecule has 3 aromatic heterocycles. The highest BCUT2D eigenvalue weighted by atomic mass is 32.2. The molecule has 0 aliphatic heterocycles. The number of H-pyrrole nitrogens is 1. The number of aryl methyl sites for hydroxylation is 1. The molecule has 0 amide bonds. The van der Waals surface area contributed by atoms with Crippen molar-refractivity contribution in [3.8, 4) is 34.5 Å². The van der Waals surface area contributed by atoms with Gasteiger partial charge in [0.25, 0.3) is 5.56 Å². The van der Waals surface area contributed by atoms with E-state index in [1.54, 1.807) is 69.7 Å². The molecule has 0 aliphatic rings. The quantitative estimate of drug-likeness (QED) is 0.320. The van der Waals surface area contributed by atoms with E-state index >= 15 is 0 Å². The van der Waals surface area contributed by atoms with Gasteiger partial charge in [0, 0.05) is 31.6 Å². The predicted molar refractivity (Wildman–Crippen MR) is 140 cm³/mol. The molecule has 5 rings (SSSR count). The molecule has 2 aromatic carbocycles. The monoisotopic (exact) mass is 516 g/mol. The van der Waals surface area contributed by atoms with Crippen LogP contribution in [-0.2, 0) is 16.9 Å². The molecule has 0 saturated carbocycles. The summed E-state index contributed by atoms with van der Waals surface area (Å²) in [6, 6.07) is 18.4. The smallest absolute Gasteiger partial charge is 0.293 e. The zero-order chi connectivity index (χ0) is 26.2. The number of sulfone groups is 1. The van der Waals surface area contributed by atoms with Gasteiger partial charge in [0.2, 0.25) is 0 Å². The zero-order valence-electron chi connectivity index (χ0n) is 20.4. The topological polar surface area (TPSA) is 116 Å². The molecular weight excluding hydrogens is 492 g/mol. The van der Waals surface area contributed by atoms with Crippen molar-refractivity contribution in [3.05, 3.63) is 89.5 Å². The van der Waals surface area contributed by atoms with Crippen molar-refractivity contribution in [1.29, 1.82) is 0 Å². The van der Waals surface area contributed by atoms with Crippen LogP contribution >= 0.6 is 0 Å². The first-order chi connectivity index (χ1) is 17.7. The van der Waals surface area contributed by atoms with Gasteiger partial charge in [-0.15, -0.1) is 0 Å². The van der Waals surface area contributed by atoms with E-state index in [-0.39, 0.29) is 16.2 Å². The minimum Gasteiger partial charge on any atom is -0.457 e. The molecule has 0 unspecified atom stereocenters. The maximum Gasteiger partial charge on any atom is 0.293 e. The highest BCUT2D eigenvalue weighted by Crippen LogP contribution is 2.36. The Morgan fingerprint density at radius 1 is 0.919 bits per heavy atom. The van der Waals surface area contributed by atoms with E-state index in [0.717, 1.165) is 0 Å². The average molecular weight is 517 g/mol. The van der Waals surface area contributed by atoms with Crippen molar-refractivity contribution < 1.29 is 17.9 Å². The minimum atomic E-state index is -3.39. The Hall–Kier alpha value is -4.44. The normalized spacial score (nSPS) is 11.7. The van der Waals surface area contributed by atoms with Gasteiger partial charge in [-0.1, -0.05) is 6.07 Å². The summed E-state index contributed by atoms with van der Waals surface area (Å²) in [7, 11) is -1.75. The SMILES string of the molecule is CC(C)S(=O)(=O)c1ccc(Oc2cc(Oc3cccn(C)c3=O)c3nc(-c4ccccn4)[nH]c3c2)cc1. The number of hydrogen-bond acceptors (Lipinski definition) is 7. The largest absolute Gasteiger partial charge is 0.457 e. The molecule has 0 bridgehead atoms. The van der Waals surface area contributed by atoms with E-state index in [0.29, 0.717) is 39.8 Å². The Bertz CT molecular complexity index is 1740. The Kier molecular flexibility index (Phi) is 6.26. The summed E-state index contributed by atoms with van der Waals surface area (Å²) >= 11 is 0. The molecule has 1 N–H and O–H groups in total. The van der Waals surface area contributed by atoms with E-state index in [9.17, 15) is 13.2 Å². The summed E-state index contributed by atoms with van der Waals surface area (Å²) in [6.45, 7) is 3.28. The lowest BCUT2D eigenvalue weighted by atomic mass is 10.2. The summed E-state index contributed by atoms with van der Waals surface area (Å²) in [6.07, 6.45) is 3.31. The fourth-order valence-corrected chi connectivity index (χ4v) is 4.76. The standard InChI is InChI=1S/C27H24N4O5S/c1-17(2)37(33,34)20-11-9-18(10-12-20)35-19-15-22-25(30-26(29-22)21-7-4-5-13-28-21)24(16-19)36-23-8-6-14-31(3)27(23)32/h4-17H,1-3H3,(H,29,30). The first kappa shape index (κ1) is 24.3. The third-order valence-electron chi connectivity index (χ3n) is 5.75. The minimum absolute atomic E-state index is 0.133. The molecule has 5 aromatic rings. The summed E-state index contributed by atoms with van der Waals surface area (Å²) < 4.78 is 38.4. The van der Waals surface area contributed by atoms with Gasteiger partial charge in [-0.3, -0.25) is 9.78 Å². The van der Waals surface area contributed by atoms with Gasteiger partial charge >= 0.3 is 0 Å². The number of fused-ring (bicyclic) bond motifs is 1. The van der Waals surface area contributed by atoms with E-state index in [4.69, 9.17) is 9.47 Å². The van der Waals surface area contributed by atoms with Crippen molar-refractivity contribution in [1.82, 2.24) is 19.5 Å². The van der Waals surface area contributed by atoms with Crippen LogP contribution in [0.2, 0.25) is 0 Å². The Morgan fingerprint density at radius 2 is 1.70 bits per heavy atom. The van der Waals surface area contributed by atoms with Gasteiger partial charge in [0.1, 0.15) is 22.7 Å². The van der Waals surface area contributed by atoms with Crippen LogP contribution in [0.25, 0.3) is 22.6 Å². The Labute approximate surface area is 213 Å². The van der Waals surface area contributed by atoms with Gasteiger partial charge in [-0.05, 0) is 62.4 Å². The number of benzene rings is 2. The molecule has 0 atom stereocenters. The number of pyridine rings is 2. The molecule has 0 aliphatic carbocycles. The number of aromatic amines is 1. The van der Waals surface area contributed by atoms with Crippen LogP contribution in [0.3, 0.4) is 0 Å². The Balaban J connectivity index is 1.56. The third kappa shape index (κ3) is 4.83. The lowest BCUT2D eigenvalue weighted by Crippen LogP contribution is -2.16. The highest BCUT2D eigenvalue weighted by Gasteiger charge is 2.19. The van der Waals surface area contributed by atoms with E-state index in [2.05, 4.69) is 15.0 Å². The van der Waals surface area contributed by atoms with E-state index in [1.165, 1.54) is 16.7 Å². The van der Waals surface area contributed by atoms with Crippen molar-refractivity contribution in [3.63, 3.8) is 0 Å². The lowest BCUT2D eigenvalue weighted by Gasteiger charge is -2.11. The average Bonchev–Trinajstić information content (AvgIpc) is 3.32. The first-order valence-electron chi connectivity index (χ1n) is 11.5. The van der Waals surface area contributed by atoms with Gasteiger partial charge in [0.15, 0.2) is 27.2 Å². The molecule has 0 radical (unpaired) electrons. The van der Waals surface area contributed by atoms with Crippen LogP contribution in [0.15, 0.2) is 88.8 Å². The molecule has 3 heterocycles. The van der Waals surface area contributed by atoms with Crippen molar-refractivity contribution in [2.24, 2.45) is 7.05 Å². The maximum atomic E-state index is 12.6. The van der Waals surface area contributed by atoms with Crippen LogP contribution in [0.4, 0.5) is 0 Å². The van der Waals surface area contributed by atoms with Gasteiger partial charge in [0.05, 0.1) is 15.7 Å². The molecule has 188 valence electrons. The van der Waals surface area contributed by atoms with Gasteiger partial charge in [-0.2, -0.15) is 0 Å². The van der Waals surface area contributed by atoms with Crippen molar-refractivity contribution in [2.75, 3.05) is 0 Å². The molecular formula is C27H24N4O5S. The highest BCUT2D eigenvalue weighted by molar-refractivity contribution is 7.92. The summed E-state index contributed by atoms with van der Waals surface area (Å²) in [5, 5.41) is -0.527. The van der Waals surface area contributed by atoms with E-state index in [1.807, 2.05) is 18.2 Å². The fourth-order valence-electron chi connectivity index (χ4n) is 3.70. The van der Waals surface area contributed by atoms with E-state index < -0.39 is 15.1 Å². The summed E-state index contributed by atoms with van der Waals surface area (Å²) in [5.74, 6) is 1.82. The number of hydrogen-bond donors (Lipinski definition) is 1. The maximum absolute atomic E-state index is 12.6. The second kappa shape index (κ2) is 9.55. The molecule has 0 saturated heterocycles. The number of imidazole rings is 1. The number of nitrogens with zero attached hydrogens (tertiary/aromatic N) is 3. The van der Waals surface area contributed by atoms with Crippen LogP contribution < -0.4 is 15.0 Å². The summed E-state index contributed by atoms with van der Waals surface area (Å²) in [4.78, 5) is 25.1. The Morgan fingerprint density at radius 3 is 2.41 bits per heavy atom. The number of rotatable bonds is 7. The van der Waals surface area contributed by atoms with Crippen LogP contribution in [0.5, 0.6) is 23.0 Å². The number of nitrogens with one attached hydrogen (secondary N) is 1. The lowest BCUT2D eigenvalue weighted by molar-refractivity contribution is 0.457. The molecule has 9 nitrogen and oxygen atoms in total. The van der Waals surface area contributed by atoms with Crippen molar-refractivity contribution in [2.45, 2.75) is 24.0 Å². The second-order valence-corrected chi connectivity index (χ2v) is 11.2. The number of ether oxygens (including phenoxy) is 2. The number of aromatic nitrogens is 4. The summed E-state index contributed by atoms with van der Waals surface area (Å²) in [5.41, 5.74) is 1.45. The molecule has 0 fully saturated rings. The van der Waals surface area contributed by atoms with Crippen LogP contribution in [-0.4, -0.2) is 33.2 Å². The third-order valence-corrected chi connectivity index (χ3v) is 7.92. The van der Waals surface area contributed by atoms with Crippen LogP contribution in [0, 0.1) is 0 Å². The first-order valence-corrected chi connectivity index (χ1v) is 13.1. The van der Waals surface area contributed by atoms with Crippen LogP contribution in [0.1, 0.15) is 13.8 Å². The predicted octanol–water partition coefficient (Wildman–Crippen LogP) is 5.09. The molecule has 0 spiro atoms. The van der Waals surface area contributed by atoms with Crippen molar-refractivity contribution >= 4 is 20.9 Å². The second-order valence-electron chi connectivity index (χ2n) is 8.68. The fraction of sp³-hybridized carbons (Fsp3) is 0.148. The zero-order valence-corrected chi connectivity index (χ0v) is 21.2.